The number of nitrogens with zero attached hydrogens (tertiary/aromatic N) is 1. The molecule has 3 N–H and O–H groups in total. The highest BCUT2D eigenvalue weighted by atomic mass is 16.3. The van der Waals surface area contributed by atoms with Crippen molar-refractivity contribution < 1.29 is 15.3 Å². The van der Waals surface area contributed by atoms with Crippen molar-refractivity contribution in [1.29, 1.82) is 0 Å². The summed E-state index contributed by atoms with van der Waals surface area (Å²) < 4.78 is 1.64. The highest BCUT2D eigenvalue weighted by molar-refractivity contribution is 5.99. The summed E-state index contributed by atoms with van der Waals surface area (Å²) in [5.74, 6) is -0.562. The molecule has 5 nitrogen and oxygen atoms in total. The molecular formula is C14H11NO4. The molecule has 0 aliphatic carbocycles. The van der Waals surface area contributed by atoms with Crippen LogP contribution in [-0.2, 0) is 7.05 Å². The lowest BCUT2D eigenvalue weighted by molar-refractivity contribution is 0.454. The van der Waals surface area contributed by atoms with Crippen LogP contribution >= 0.6 is 0 Å². The topological polar surface area (TPSA) is 82.7 Å². The summed E-state index contributed by atoms with van der Waals surface area (Å²) in [4.78, 5) is 12.4. The van der Waals surface area contributed by atoms with Crippen molar-refractivity contribution in [3.63, 3.8) is 0 Å². The Morgan fingerprint density at radius 1 is 0.947 bits per heavy atom. The molecule has 0 atom stereocenters. The molecule has 3 aromatic rings. The first kappa shape index (κ1) is 11.4. The van der Waals surface area contributed by atoms with Gasteiger partial charge >= 0.3 is 0 Å². The molecule has 96 valence electrons. The zero-order valence-corrected chi connectivity index (χ0v) is 10.1. The number of aryl methyl sites for hydroxylation is 1. The third-order valence-corrected chi connectivity index (χ3v) is 3.28. The summed E-state index contributed by atoms with van der Waals surface area (Å²) in [6.45, 7) is 0. The molecule has 2 aromatic carbocycles. The molecule has 5 heteroatoms. The Hall–Kier alpha value is -2.69. The lowest BCUT2D eigenvalue weighted by Crippen LogP contribution is -2.09. The summed E-state index contributed by atoms with van der Waals surface area (Å²) in [7, 11) is 1.70. The molecule has 0 spiro atoms. The smallest absolute Gasteiger partial charge is 0.204 e. The first-order valence-electron chi connectivity index (χ1n) is 5.67. The SMILES string of the molecule is Cn1c2cccc(O)c2c(=O)c2c(O)cc(O)cc21. The number of fused-ring (bicyclic) bond motifs is 2. The van der Waals surface area contributed by atoms with Crippen LogP contribution in [-0.4, -0.2) is 19.9 Å². The Morgan fingerprint density at radius 3 is 2.37 bits per heavy atom. The Bertz CT molecular complexity index is 880. The number of benzene rings is 2. The normalized spacial score (nSPS) is 11.2. The molecular weight excluding hydrogens is 246 g/mol. The molecule has 0 aliphatic heterocycles. The number of hydrogen-bond donors (Lipinski definition) is 3. The minimum Gasteiger partial charge on any atom is -0.508 e. The van der Waals surface area contributed by atoms with Crippen LogP contribution in [0, 0.1) is 0 Å². The van der Waals surface area contributed by atoms with Gasteiger partial charge in [0.15, 0.2) is 0 Å². The maximum absolute atomic E-state index is 12.4. The van der Waals surface area contributed by atoms with E-state index in [1.807, 2.05) is 0 Å². The van der Waals surface area contributed by atoms with Crippen molar-refractivity contribution in [2.45, 2.75) is 0 Å². The van der Waals surface area contributed by atoms with E-state index in [2.05, 4.69) is 0 Å². The van der Waals surface area contributed by atoms with Gasteiger partial charge in [0.05, 0.1) is 21.8 Å². The van der Waals surface area contributed by atoms with E-state index in [1.165, 1.54) is 12.1 Å². The summed E-state index contributed by atoms with van der Waals surface area (Å²) in [6, 6.07) is 7.26. The predicted molar refractivity (Wildman–Crippen MR) is 71.7 cm³/mol. The highest BCUT2D eigenvalue weighted by Gasteiger charge is 2.15. The minimum atomic E-state index is -0.460. The highest BCUT2D eigenvalue weighted by Crippen LogP contribution is 2.31. The van der Waals surface area contributed by atoms with Crippen molar-refractivity contribution in [3.8, 4) is 17.2 Å². The van der Waals surface area contributed by atoms with Crippen LogP contribution in [0.5, 0.6) is 17.2 Å². The summed E-state index contributed by atoms with van der Waals surface area (Å²) in [6.07, 6.45) is 0. The average Bonchev–Trinajstić information content (AvgIpc) is 2.34. The Kier molecular flexibility index (Phi) is 2.19. The number of rotatable bonds is 0. The molecule has 0 aliphatic rings. The Morgan fingerprint density at radius 2 is 1.63 bits per heavy atom. The Labute approximate surface area is 107 Å². The van der Waals surface area contributed by atoms with E-state index in [0.717, 1.165) is 6.07 Å². The second kappa shape index (κ2) is 3.65. The minimum absolute atomic E-state index is 0.0781. The molecule has 19 heavy (non-hydrogen) atoms. The molecule has 0 amide bonds. The van der Waals surface area contributed by atoms with Crippen molar-refractivity contribution in [3.05, 3.63) is 40.6 Å². The van der Waals surface area contributed by atoms with E-state index in [9.17, 15) is 20.1 Å². The fourth-order valence-electron chi connectivity index (χ4n) is 2.39. The van der Waals surface area contributed by atoms with Crippen LogP contribution in [0.4, 0.5) is 0 Å². The maximum atomic E-state index is 12.4. The van der Waals surface area contributed by atoms with Gasteiger partial charge in [0.1, 0.15) is 17.2 Å². The van der Waals surface area contributed by atoms with E-state index >= 15 is 0 Å². The summed E-state index contributed by atoms with van der Waals surface area (Å²) >= 11 is 0. The van der Waals surface area contributed by atoms with Crippen LogP contribution in [0.15, 0.2) is 35.1 Å². The lowest BCUT2D eigenvalue weighted by Gasteiger charge is -2.12. The molecule has 0 fully saturated rings. The van der Waals surface area contributed by atoms with E-state index in [-0.39, 0.29) is 28.0 Å². The van der Waals surface area contributed by atoms with Crippen LogP contribution in [0.25, 0.3) is 21.8 Å². The van der Waals surface area contributed by atoms with Gasteiger partial charge in [-0.1, -0.05) is 6.07 Å². The van der Waals surface area contributed by atoms with E-state index < -0.39 is 5.43 Å². The van der Waals surface area contributed by atoms with Gasteiger partial charge in [-0.15, -0.1) is 0 Å². The third-order valence-electron chi connectivity index (χ3n) is 3.28. The second-order valence-electron chi connectivity index (χ2n) is 4.42. The number of aromatic hydroxyl groups is 3. The number of aromatic nitrogens is 1. The molecule has 0 bridgehead atoms. The molecule has 0 saturated heterocycles. The molecule has 1 aromatic heterocycles. The van der Waals surface area contributed by atoms with Crippen LogP contribution in [0.3, 0.4) is 0 Å². The van der Waals surface area contributed by atoms with Gasteiger partial charge in [-0.05, 0) is 12.1 Å². The second-order valence-corrected chi connectivity index (χ2v) is 4.42. The number of pyridine rings is 1. The lowest BCUT2D eigenvalue weighted by atomic mass is 10.1. The molecule has 0 saturated carbocycles. The quantitative estimate of drug-likeness (QED) is 0.536. The predicted octanol–water partition coefficient (Wildman–Crippen LogP) is 1.81. The third kappa shape index (κ3) is 1.45. The van der Waals surface area contributed by atoms with E-state index in [4.69, 9.17) is 0 Å². The van der Waals surface area contributed by atoms with Crippen LogP contribution in [0.1, 0.15) is 0 Å². The number of phenolic OH excluding ortho intramolecular Hbond substituents is 3. The number of hydrogen-bond acceptors (Lipinski definition) is 4. The monoisotopic (exact) mass is 257 g/mol. The zero-order valence-electron chi connectivity index (χ0n) is 10.1. The number of phenols is 3. The van der Waals surface area contributed by atoms with Crippen molar-refractivity contribution in [2.24, 2.45) is 7.05 Å². The molecule has 3 rings (SSSR count). The van der Waals surface area contributed by atoms with Crippen LogP contribution < -0.4 is 5.43 Å². The van der Waals surface area contributed by atoms with Gasteiger partial charge in [-0.3, -0.25) is 4.79 Å². The summed E-state index contributed by atoms with van der Waals surface area (Å²) in [5.41, 5.74) is 0.474. The maximum Gasteiger partial charge on any atom is 0.204 e. The standard InChI is InChI=1S/C14H11NO4/c1-15-8-3-2-4-10(17)12(8)14(19)13-9(15)5-7(16)6-11(13)18/h2-6,16-18H,1H3. The van der Waals surface area contributed by atoms with E-state index in [0.29, 0.717) is 11.0 Å². The Balaban J connectivity index is 2.74. The summed E-state index contributed by atoms with van der Waals surface area (Å²) in [5, 5.41) is 29.4. The van der Waals surface area contributed by atoms with Gasteiger partial charge in [0.25, 0.3) is 0 Å². The van der Waals surface area contributed by atoms with Crippen LogP contribution in [0.2, 0.25) is 0 Å². The fraction of sp³-hybridized carbons (Fsp3) is 0.0714. The average molecular weight is 257 g/mol. The molecule has 1 heterocycles. The first-order chi connectivity index (χ1) is 9.00. The van der Waals surface area contributed by atoms with Crippen molar-refractivity contribution in [2.75, 3.05) is 0 Å². The van der Waals surface area contributed by atoms with Crippen molar-refractivity contribution >= 4 is 21.8 Å². The van der Waals surface area contributed by atoms with Gasteiger partial charge in [-0.25, -0.2) is 0 Å². The molecule has 0 radical (unpaired) electrons. The van der Waals surface area contributed by atoms with Crippen molar-refractivity contribution in [1.82, 2.24) is 4.57 Å². The van der Waals surface area contributed by atoms with Gasteiger partial charge in [0, 0.05) is 19.2 Å². The van der Waals surface area contributed by atoms with E-state index in [1.54, 1.807) is 23.7 Å². The molecule has 0 unspecified atom stereocenters. The van der Waals surface area contributed by atoms with Gasteiger partial charge < -0.3 is 19.9 Å². The largest absolute Gasteiger partial charge is 0.508 e. The van der Waals surface area contributed by atoms with Gasteiger partial charge in [0.2, 0.25) is 5.43 Å². The zero-order chi connectivity index (χ0) is 13.7. The first-order valence-corrected chi connectivity index (χ1v) is 5.67. The van der Waals surface area contributed by atoms with Gasteiger partial charge in [-0.2, -0.15) is 0 Å². The fourth-order valence-corrected chi connectivity index (χ4v) is 2.39.